The van der Waals surface area contributed by atoms with Gasteiger partial charge in [0.2, 0.25) is 0 Å². The maximum Gasteiger partial charge on any atom is 0.137 e. The molecule has 1 rings (SSSR count). The highest BCUT2D eigenvalue weighted by atomic mass is 16.5. The summed E-state index contributed by atoms with van der Waals surface area (Å²) in [5.41, 5.74) is 2.01. The second-order valence-electron chi connectivity index (χ2n) is 5.82. The number of hydrogen-bond donors (Lipinski definition) is 3. The molecule has 4 nitrogen and oxygen atoms in total. The molecule has 108 valence electrons. The minimum absolute atomic E-state index is 0.0810. The Kier molecular flexibility index (Phi) is 5.79. The number of ether oxygens (including phenoxy) is 1. The number of aliphatic hydroxyl groups is 2. The van der Waals surface area contributed by atoms with Gasteiger partial charge in [-0.3, -0.25) is 0 Å². The molecule has 1 aromatic rings. The third kappa shape index (κ3) is 5.59. The molecule has 0 radical (unpaired) electrons. The van der Waals surface area contributed by atoms with Crippen LogP contribution < -0.4 is 10.1 Å². The lowest BCUT2D eigenvalue weighted by molar-refractivity contribution is -0.727. The van der Waals surface area contributed by atoms with E-state index >= 15 is 0 Å². The fraction of sp³-hybridized carbons (Fsp3) is 0.600. The third-order valence-electron chi connectivity index (χ3n) is 3.11. The molecule has 0 aromatic heterocycles. The number of rotatable bonds is 7. The van der Waals surface area contributed by atoms with Gasteiger partial charge in [-0.05, 0) is 39.3 Å². The Morgan fingerprint density at radius 3 is 2.58 bits per heavy atom. The number of benzene rings is 1. The summed E-state index contributed by atoms with van der Waals surface area (Å²) in [6.45, 7) is 8.76. The van der Waals surface area contributed by atoms with Crippen LogP contribution in [0.5, 0.6) is 5.75 Å². The molecule has 1 atom stereocenters. The first-order valence-corrected chi connectivity index (χ1v) is 6.67. The lowest BCUT2D eigenvalue weighted by Gasteiger charge is -2.22. The highest BCUT2D eigenvalue weighted by Crippen LogP contribution is 2.18. The van der Waals surface area contributed by atoms with Crippen LogP contribution in [0.2, 0.25) is 0 Å². The Labute approximate surface area is 115 Å². The molecule has 0 saturated heterocycles. The molecule has 19 heavy (non-hydrogen) atoms. The SMILES string of the molecule is Cc1ccc(OC[C@@H](O)C[NH2+]C(C)(C)CO)c(C)c1. The van der Waals surface area contributed by atoms with Crippen LogP contribution in [-0.2, 0) is 0 Å². The van der Waals surface area contributed by atoms with Crippen molar-refractivity contribution in [1.82, 2.24) is 0 Å². The van der Waals surface area contributed by atoms with E-state index in [1.807, 2.05) is 45.1 Å². The van der Waals surface area contributed by atoms with E-state index in [1.54, 1.807) is 0 Å². The number of nitrogens with two attached hydrogens (primary N) is 1. The van der Waals surface area contributed by atoms with Gasteiger partial charge < -0.3 is 20.3 Å². The monoisotopic (exact) mass is 268 g/mol. The van der Waals surface area contributed by atoms with Crippen molar-refractivity contribution in [3.05, 3.63) is 29.3 Å². The predicted octanol–water partition coefficient (Wildman–Crippen LogP) is 0.377. The number of quaternary nitrogens is 1. The van der Waals surface area contributed by atoms with E-state index in [9.17, 15) is 5.11 Å². The van der Waals surface area contributed by atoms with Crippen molar-refractivity contribution in [2.75, 3.05) is 19.8 Å². The Hall–Kier alpha value is -1.10. The second-order valence-corrected chi connectivity index (χ2v) is 5.82. The molecule has 0 unspecified atom stereocenters. The predicted molar refractivity (Wildman–Crippen MR) is 75.4 cm³/mol. The molecule has 0 heterocycles. The van der Waals surface area contributed by atoms with E-state index in [-0.39, 0.29) is 18.8 Å². The maximum absolute atomic E-state index is 9.88. The molecular weight excluding hydrogens is 242 g/mol. The molecule has 4 heteroatoms. The first kappa shape index (κ1) is 16.0. The maximum atomic E-state index is 9.88. The lowest BCUT2D eigenvalue weighted by atomic mass is 10.1. The number of aliphatic hydroxyl groups excluding tert-OH is 2. The fourth-order valence-corrected chi connectivity index (χ4v) is 1.73. The quantitative estimate of drug-likeness (QED) is 0.670. The lowest BCUT2D eigenvalue weighted by Crippen LogP contribution is -2.97. The van der Waals surface area contributed by atoms with E-state index in [4.69, 9.17) is 9.84 Å². The standard InChI is InChI=1S/C15H25NO3/c1-11-5-6-14(12(2)7-11)19-9-13(18)8-16-15(3,4)10-17/h5-7,13,16-18H,8-10H2,1-4H3/p+1/t13-/m0/s1. The topological polar surface area (TPSA) is 66.3 Å². The van der Waals surface area contributed by atoms with Crippen LogP contribution in [0.4, 0.5) is 0 Å². The van der Waals surface area contributed by atoms with Gasteiger partial charge in [-0.25, -0.2) is 0 Å². The van der Waals surface area contributed by atoms with Gasteiger partial charge in [0.25, 0.3) is 0 Å². The molecule has 4 N–H and O–H groups in total. The van der Waals surface area contributed by atoms with Crippen molar-refractivity contribution >= 4 is 0 Å². The van der Waals surface area contributed by atoms with Gasteiger partial charge >= 0.3 is 0 Å². The van der Waals surface area contributed by atoms with Gasteiger partial charge in [-0.1, -0.05) is 17.7 Å². The molecule has 0 fully saturated rings. The van der Waals surface area contributed by atoms with Gasteiger partial charge in [-0.15, -0.1) is 0 Å². The molecule has 0 amide bonds. The first-order chi connectivity index (χ1) is 8.84. The molecule has 0 bridgehead atoms. The van der Waals surface area contributed by atoms with Crippen molar-refractivity contribution in [1.29, 1.82) is 0 Å². The summed E-state index contributed by atoms with van der Waals surface area (Å²) in [6.07, 6.45) is -0.550. The van der Waals surface area contributed by atoms with Crippen molar-refractivity contribution in [3.8, 4) is 5.75 Å². The average molecular weight is 268 g/mol. The summed E-state index contributed by atoms with van der Waals surface area (Å²) in [7, 11) is 0. The molecule has 0 saturated carbocycles. The van der Waals surface area contributed by atoms with Crippen molar-refractivity contribution in [2.45, 2.75) is 39.3 Å². The van der Waals surface area contributed by atoms with Crippen molar-refractivity contribution < 1.29 is 20.3 Å². The van der Waals surface area contributed by atoms with Crippen LogP contribution in [0.3, 0.4) is 0 Å². The fourth-order valence-electron chi connectivity index (χ4n) is 1.73. The third-order valence-corrected chi connectivity index (χ3v) is 3.11. The summed E-state index contributed by atoms with van der Waals surface area (Å²) in [6, 6.07) is 5.98. The minimum Gasteiger partial charge on any atom is -0.490 e. The van der Waals surface area contributed by atoms with E-state index in [2.05, 4.69) is 6.07 Å². The molecular formula is C15H26NO3+. The Bertz CT molecular complexity index is 404. The van der Waals surface area contributed by atoms with Crippen LogP contribution in [-0.4, -0.2) is 41.6 Å². The number of hydrogen-bond acceptors (Lipinski definition) is 3. The van der Waals surface area contributed by atoms with Gasteiger partial charge in [0.15, 0.2) is 0 Å². The van der Waals surface area contributed by atoms with E-state index in [1.165, 1.54) is 5.56 Å². The van der Waals surface area contributed by atoms with Gasteiger partial charge in [0.05, 0.1) is 6.61 Å². The number of aryl methyl sites for hydroxylation is 2. The first-order valence-electron chi connectivity index (χ1n) is 6.67. The molecule has 0 aliphatic heterocycles. The van der Waals surface area contributed by atoms with Gasteiger partial charge in [0, 0.05) is 0 Å². The summed E-state index contributed by atoms with van der Waals surface area (Å²) in [4.78, 5) is 0. The van der Waals surface area contributed by atoms with Crippen LogP contribution in [0.1, 0.15) is 25.0 Å². The van der Waals surface area contributed by atoms with Gasteiger partial charge in [0.1, 0.15) is 30.5 Å². The highest BCUT2D eigenvalue weighted by molar-refractivity contribution is 5.35. The minimum atomic E-state index is -0.550. The molecule has 1 aromatic carbocycles. The Morgan fingerprint density at radius 2 is 2.00 bits per heavy atom. The summed E-state index contributed by atoms with van der Waals surface area (Å²) in [5.74, 6) is 0.811. The van der Waals surface area contributed by atoms with Gasteiger partial charge in [-0.2, -0.15) is 0 Å². The smallest absolute Gasteiger partial charge is 0.137 e. The van der Waals surface area contributed by atoms with E-state index < -0.39 is 6.10 Å². The largest absolute Gasteiger partial charge is 0.490 e. The van der Waals surface area contributed by atoms with Crippen molar-refractivity contribution in [2.24, 2.45) is 0 Å². The van der Waals surface area contributed by atoms with E-state index in [0.29, 0.717) is 6.54 Å². The Balaban J connectivity index is 2.40. The molecule has 0 aliphatic rings. The Morgan fingerprint density at radius 1 is 1.32 bits per heavy atom. The van der Waals surface area contributed by atoms with Crippen LogP contribution in [0.25, 0.3) is 0 Å². The zero-order valence-electron chi connectivity index (χ0n) is 12.3. The molecule has 0 spiro atoms. The second kappa shape index (κ2) is 6.89. The van der Waals surface area contributed by atoms with Crippen LogP contribution in [0.15, 0.2) is 18.2 Å². The zero-order chi connectivity index (χ0) is 14.5. The van der Waals surface area contributed by atoms with Crippen molar-refractivity contribution in [3.63, 3.8) is 0 Å². The highest BCUT2D eigenvalue weighted by Gasteiger charge is 2.21. The van der Waals surface area contributed by atoms with Crippen LogP contribution in [0, 0.1) is 13.8 Å². The van der Waals surface area contributed by atoms with E-state index in [0.717, 1.165) is 11.3 Å². The normalized spacial score (nSPS) is 13.4. The summed E-state index contributed by atoms with van der Waals surface area (Å²) >= 11 is 0. The zero-order valence-corrected chi connectivity index (χ0v) is 12.3. The molecule has 0 aliphatic carbocycles. The van der Waals surface area contributed by atoms with Crippen LogP contribution >= 0.6 is 0 Å². The summed E-state index contributed by atoms with van der Waals surface area (Å²) < 4.78 is 5.62. The summed E-state index contributed by atoms with van der Waals surface area (Å²) in [5, 5.41) is 20.9. The average Bonchev–Trinajstić information content (AvgIpc) is 2.35.